The molecule has 2 atom stereocenters. The minimum atomic E-state index is -2.11. The highest BCUT2D eigenvalue weighted by Crippen LogP contribution is 2.50. The van der Waals surface area contributed by atoms with Crippen molar-refractivity contribution in [3.8, 4) is 12.1 Å². The van der Waals surface area contributed by atoms with Gasteiger partial charge in [0.25, 0.3) is 5.91 Å². The number of nitrogens with zero attached hydrogens (tertiary/aromatic N) is 3. The van der Waals surface area contributed by atoms with Gasteiger partial charge in [0, 0.05) is 29.4 Å². The number of fused-ring (bicyclic) bond motifs is 1. The molecule has 1 saturated heterocycles. The van der Waals surface area contributed by atoms with Gasteiger partial charge in [-0.1, -0.05) is 56.1 Å². The van der Waals surface area contributed by atoms with Crippen molar-refractivity contribution in [2.45, 2.75) is 63.4 Å². The molecule has 2 heterocycles. The molecule has 0 radical (unpaired) electrons. The highest BCUT2D eigenvalue weighted by Gasteiger charge is 2.58. The molecule has 5 nitrogen and oxygen atoms in total. The summed E-state index contributed by atoms with van der Waals surface area (Å²) in [5, 5.41) is 20.5. The van der Waals surface area contributed by atoms with Crippen LogP contribution < -0.4 is 0 Å². The van der Waals surface area contributed by atoms with Crippen molar-refractivity contribution < 1.29 is 9.22 Å². The van der Waals surface area contributed by atoms with Crippen LogP contribution in [0.2, 0.25) is 28.2 Å². The van der Waals surface area contributed by atoms with E-state index >= 15 is 0 Å². The molecule has 2 aromatic rings. The van der Waals surface area contributed by atoms with E-state index < -0.39 is 13.9 Å². The van der Waals surface area contributed by atoms with Crippen molar-refractivity contribution in [2.75, 3.05) is 6.54 Å². The monoisotopic (exact) mass is 537 g/mol. The van der Waals surface area contributed by atoms with Gasteiger partial charge in [0.2, 0.25) is 0 Å². The van der Waals surface area contributed by atoms with Crippen molar-refractivity contribution in [2.24, 2.45) is 0 Å². The van der Waals surface area contributed by atoms with Crippen LogP contribution in [0.15, 0.2) is 48.0 Å². The smallest absolute Gasteiger partial charge is 0.256 e. The molecule has 2 aliphatic heterocycles. The zero-order valence-corrected chi connectivity index (χ0v) is 23.7. The Morgan fingerprint density at radius 1 is 1.08 bits per heavy atom. The van der Waals surface area contributed by atoms with Crippen LogP contribution in [-0.2, 0) is 15.6 Å². The molecule has 2 aromatic carbocycles. The van der Waals surface area contributed by atoms with Crippen LogP contribution in [0.4, 0.5) is 0 Å². The second-order valence-electron chi connectivity index (χ2n) is 11.2. The maximum Gasteiger partial charge on any atom is 0.256 e. The molecule has 1 amide bonds. The summed E-state index contributed by atoms with van der Waals surface area (Å²) >= 11 is 12.5. The van der Waals surface area contributed by atoms with E-state index in [-0.39, 0.29) is 17.0 Å². The molecule has 36 heavy (non-hydrogen) atoms. The summed E-state index contributed by atoms with van der Waals surface area (Å²) in [5.41, 5.74) is 1.96. The Morgan fingerprint density at radius 3 is 2.22 bits per heavy atom. The van der Waals surface area contributed by atoms with Gasteiger partial charge in [-0.15, -0.1) is 0 Å². The van der Waals surface area contributed by atoms with E-state index in [1.54, 1.807) is 30.3 Å². The molecule has 0 aromatic heterocycles. The van der Waals surface area contributed by atoms with Crippen molar-refractivity contribution in [3.63, 3.8) is 0 Å². The normalized spacial score (nSPS) is 22.0. The molecule has 8 heteroatoms. The fourth-order valence-corrected chi connectivity index (χ4v) is 6.88. The predicted octanol–water partition coefficient (Wildman–Crippen LogP) is 6.76. The fraction of sp³-hybridized carbons (Fsp3) is 0.393. The Morgan fingerprint density at radius 2 is 1.69 bits per heavy atom. The van der Waals surface area contributed by atoms with E-state index in [0.717, 1.165) is 5.56 Å². The maximum atomic E-state index is 13.9. The van der Waals surface area contributed by atoms with Gasteiger partial charge in [-0.2, -0.15) is 10.5 Å². The predicted molar refractivity (Wildman–Crippen MR) is 145 cm³/mol. The molecule has 186 valence electrons. The number of hydrogen-bond donors (Lipinski definition) is 0. The SMILES string of the molecule is CC(C)(C)[Si](C)(C)O[C@H]1CN2C(=O)C(c3cc(Cl)cc(Cl)c3)=C(C#N)C2(Cc2ccc(C#N)cc2)C1. The molecule has 0 bridgehead atoms. The second kappa shape index (κ2) is 9.36. The third-order valence-corrected chi connectivity index (χ3v) is 12.7. The van der Waals surface area contributed by atoms with Crippen LogP contribution in [-0.4, -0.2) is 37.3 Å². The first-order chi connectivity index (χ1) is 16.8. The number of halogens is 2. The van der Waals surface area contributed by atoms with Gasteiger partial charge in [0.1, 0.15) is 0 Å². The molecule has 1 fully saturated rings. The summed E-state index contributed by atoms with van der Waals surface area (Å²) in [4.78, 5) is 15.7. The van der Waals surface area contributed by atoms with Gasteiger partial charge in [-0.25, -0.2) is 0 Å². The van der Waals surface area contributed by atoms with Gasteiger partial charge in [0.15, 0.2) is 8.32 Å². The maximum absolute atomic E-state index is 13.9. The summed E-state index contributed by atoms with van der Waals surface area (Å²) in [6, 6.07) is 16.8. The van der Waals surface area contributed by atoms with Crippen LogP contribution in [0.3, 0.4) is 0 Å². The first-order valence-corrected chi connectivity index (χ1v) is 15.6. The Hall–Kier alpha value is -2.61. The van der Waals surface area contributed by atoms with Gasteiger partial charge < -0.3 is 9.33 Å². The van der Waals surface area contributed by atoms with E-state index in [0.29, 0.717) is 51.7 Å². The number of rotatable bonds is 5. The van der Waals surface area contributed by atoms with Crippen molar-refractivity contribution in [1.29, 1.82) is 10.5 Å². The Kier molecular flexibility index (Phi) is 6.88. The topological polar surface area (TPSA) is 77.1 Å². The second-order valence-corrected chi connectivity index (χ2v) is 16.8. The number of benzene rings is 2. The van der Waals surface area contributed by atoms with Crippen LogP contribution in [0, 0.1) is 22.7 Å². The van der Waals surface area contributed by atoms with E-state index in [1.165, 1.54) is 0 Å². The number of carbonyl (C=O) groups is 1. The standard InChI is InChI=1S/C28H29Cl2N3O2Si/c1-27(2,3)36(4,5)35-23-14-28(13-18-6-8-19(15-31)9-7-18)24(16-32)25(26(34)33(28)17-23)20-10-21(29)12-22(30)11-20/h6-12,23H,13-14,17H2,1-5H3/t23-,28?/m1/s1. The number of carbonyl (C=O) groups excluding carboxylic acids is 1. The minimum absolute atomic E-state index is 0.0148. The molecule has 0 spiro atoms. The van der Waals surface area contributed by atoms with E-state index in [9.17, 15) is 15.3 Å². The lowest BCUT2D eigenvalue weighted by Gasteiger charge is -2.38. The van der Waals surface area contributed by atoms with Crippen molar-refractivity contribution >= 4 is 43.0 Å². The van der Waals surface area contributed by atoms with Crippen LogP contribution in [0.5, 0.6) is 0 Å². The average Bonchev–Trinajstić information content (AvgIpc) is 3.23. The van der Waals surface area contributed by atoms with Crippen LogP contribution in [0.25, 0.3) is 5.57 Å². The third-order valence-electron chi connectivity index (χ3n) is 7.75. The molecule has 0 N–H and O–H groups in total. The summed E-state index contributed by atoms with van der Waals surface area (Å²) in [6.07, 6.45) is 0.787. The number of amides is 1. The minimum Gasteiger partial charge on any atom is -0.412 e. The van der Waals surface area contributed by atoms with E-state index in [2.05, 4.69) is 46.0 Å². The first kappa shape index (κ1) is 26.4. The molecular weight excluding hydrogens is 509 g/mol. The quantitative estimate of drug-likeness (QED) is 0.394. The molecule has 2 aliphatic rings. The van der Waals surface area contributed by atoms with E-state index in [4.69, 9.17) is 27.6 Å². The lowest BCUT2D eigenvalue weighted by Crippen LogP contribution is -2.45. The first-order valence-electron chi connectivity index (χ1n) is 11.9. The molecular formula is C28H29Cl2N3O2Si. The largest absolute Gasteiger partial charge is 0.412 e. The number of nitriles is 2. The Labute approximate surface area is 224 Å². The zero-order valence-electron chi connectivity index (χ0n) is 21.2. The molecule has 4 rings (SSSR count). The van der Waals surface area contributed by atoms with E-state index in [1.807, 2.05) is 17.0 Å². The van der Waals surface area contributed by atoms with Crippen molar-refractivity contribution in [1.82, 2.24) is 4.90 Å². The fourth-order valence-electron chi connectivity index (χ4n) is 5.01. The van der Waals surface area contributed by atoms with Gasteiger partial charge in [-0.05, 0) is 59.6 Å². The van der Waals surface area contributed by atoms with Crippen LogP contribution in [0.1, 0.15) is 43.9 Å². The Balaban J connectivity index is 1.83. The summed E-state index contributed by atoms with van der Waals surface area (Å²) in [7, 11) is -2.11. The lowest BCUT2D eigenvalue weighted by atomic mass is 9.81. The highest BCUT2D eigenvalue weighted by atomic mass is 35.5. The average molecular weight is 539 g/mol. The molecule has 0 saturated carbocycles. The Bertz CT molecular complexity index is 1310. The van der Waals surface area contributed by atoms with Crippen LogP contribution >= 0.6 is 23.2 Å². The third kappa shape index (κ3) is 4.60. The molecule has 0 aliphatic carbocycles. The zero-order chi connectivity index (χ0) is 26.5. The summed E-state index contributed by atoms with van der Waals surface area (Å²) in [5.74, 6) is -0.208. The highest BCUT2D eigenvalue weighted by molar-refractivity contribution is 6.74. The van der Waals surface area contributed by atoms with Gasteiger partial charge in [0.05, 0.1) is 40.5 Å². The molecule has 1 unspecified atom stereocenters. The summed E-state index contributed by atoms with van der Waals surface area (Å²) in [6.45, 7) is 11.4. The lowest BCUT2D eigenvalue weighted by molar-refractivity contribution is -0.126. The summed E-state index contributed by atoms with van der Waals surface area (Å²) < 4.78 is 6.75. The number of hydrogen-bond acceptors (Lipinski definition) is 4. The van der Waals surface area contributed by atoms with Gasteiger partial charge >= 0.3 is 0 Å². The van der Waals surface area contributed by atoms with Crippen molar-refractivity contribution in [3.05, 3.63) is 74.8 Å². The van der Waals surface area contributed by atoms with Gasteiger partial charge in [-0.3, -0.25) is 4.79 Å².